The van der Waals surface area contributed by atoms with Gasteiger partial charge in [0.05, 0.1) is 12.5 Å². The Morgan fingerprint density at radius 1 is 1.22 bits per heavy atom. The van der Waals surface area contributed by atoms with Gasteiger partial charge in [-0.1, -0.05) is 31.2 Å². The molecule has 1 unspecified atom stereocenters. The molecule has 0 saturated carbocycles. The van der Waals surface area contributed by atoms with E-state index in [-0.39, 0.29) is 12.5 Å². The number of aromatic nitrogens is 1. The van der Waals surface area contributed by atoms with Crippen LogP contribution in [-0.4, -0.2) is 15.6 Å². The second-order valence-electron chi connectivity index (χ2n) is 4.34. The quantitative estimate of drug-likeness (QED) is 0.876. The number of carboxylic acids is 1. The zero-order valence-electron chi connectivity index (χ0n) is 10.4. The van der Waals surface area contributed by atoms with Crippen LogP contribution in [0.25, 0.3) is 0 Å². The van der Waals surface area contributed by atoms with E-state index in [1.54, 1.807) is 0 Å². The average Bonchev–Trinajstić information content (AvgIpc) is 2.89. The van der Waals surface area contributed by atoms with Gasteiger partial charge in [0.25, 0.3) is 0 Å². The number of hydrogen-bond acceptors (Lipinski definition) is 1. The van der Waals surface area contributed by atoms with E-state index in [2.05, 4.69) is 19.1 Å². The highest BCUT2D eigenvalue weighted by Gasteiger charge is 2.16. The Balaban J connectivity index is 2.30. The molecule has 1 aromatic carbocycles. The topological polar surface area (TPSA) is 42.2 Å². The van der Waals surface area contributed by atoms with E-state index in [1.807, 2.05) is 41.2 Å². The number of nitrogens with zero attached hydrogens (tertiary/aromatic N) is 1. The van der Waals surface area contributed by atoms with Gasteiger partial charge in [0.15, 0.2) is 0 Å². The van der Waals surface area contributed by atoms with E-state index in [0.29, 0.717) is 0 Å². The fourth-order valence-electron chi connectivity index (χ4n) is 2.09. The monoisotopic (exact) mass is 243 g/mol. The molecule has 0 radical (unpaired) electrons. The maximum atomic E-state index is 11.0. The lowest BCUT2D eigenvalue weighted by molar-refractivity contribution is -0.137. The first kappa shape index (κ1) is 12.4. The van der Waals surface area contributed by atoms with E-state index in [1.165, 1.54) is 5.56 Å². The molecule has 0 aliphatic heterocycles. The van der Waals surface area contributed by atoms with E-state index in [0.717, 1.165) is 12.0 Å². The number of rotatable bonds is 5. The van der Waals surface area contributed by atoms with Gasteiger partial charge in [-0.25, -0.2) is 0 Å². The summed E-state index contributed by atoms with van der Waals surface area (Å²) in [4.78, 5) is 11.0. The summed E-state index contributed by atoms with van der Waals surface area (Å²) >= 11 is 0. The third-order valence-corrected chi connectivity index (χ3v) is 3.13. The second-order valence-corrected chi connectivity index (χ2v) is 4.34. The van der Waals surface area contributed by atoms with Crippen molar-refractivity contribution in [3.8, 4) is 0 Å². The number of aliphatic carboxylic acids is 1. The predicted octanol–water partition coefficient (Wildman–Crippen LogP) is 3.11. The molecular weight excluding hydrogens is 226 g/mol. The van der Waals surface area contributed by atoms with Gasteiger partial charge in [-0.05, 0) is 29.7 Å². The fourth-order valence-corrected chi connectivity index (χ4v) is 2.09. The molecule has 2 aromatic rings. The van der Waals surface area contributed by atoms with Gasteiger partial charge < -0.3 is 9.67 Å². The Hall–Kier alpha value is -2.03. The Kier molecular flexibility index (Phi) is 3.82. The van der Waals surface area contributed by atoms with Gasteiger partial charge in [-0.2, -0.15) is 0 Å². The zero-order valence-corrected chi connectivity index (χ0v) is 10.4. The van der Waals surface area contributed by atoms with Crippen LogP contribution >= 0.6 is 0 Å². The molecule has 0 bridgehead atoms. The van der Waals surface area contributed by atoms with Crippen molar-refractivity contribution in [2.24, 2.45) is 0 Å². The van der Waals surface area contributed by atoms with Crippen LogP contribution in [0.5, 0.6) is 0 Å². The summed E-state index contributed by atoms with van der Waals surface area (Å²) in [6.45, 7) is 2.11. The Morgan fingerprint density at radius 2 is 1.83 bits per heavy atom. The van der Waals surface area contributed by atoms with Gasteiger partial charge in [-0.15, -0.1) is 0 Å². The maximum Gasteiger partial charge on any atom is 0.305 e. The highest BCUT2D eigenvalue weighted by atomic mass is 16.4. The molecule has 3 heteroatoms. The summed E-state index contributed by atoms with van der Waals surface area (Å²) in [5.41, 5.74) is 2.30. The summed E-state index contributed by atoms with van der Waals surface area (Å²) in [6.07, 6.45) is 4.90. The number of carbonyl (C=O) groups is 1. The second kappa shape index (κ2) is 5.54. The van der Waals surface area contributed by atoms with Gasteiger partial charge in [0.1, 0.15) is 0 Å². The molecule has 18 heavy (non-hydrogen) atoms. The lowest BCUT2D eigenvalue weighted by Gasteiger charge is -2.18. The van der Waals surface area contributed by atoms with Crippen molar-refractivity contribution >= 4 is 5.97 Å². The van der Waals surface area contributed by atoms with Gasteiger partial charge in [-0.3, -0.25) is 4.79 Å². The minimum atomic E-state index is -0.784. The zero-order chi connectivity index (χ0) is 13.0. The third kappa shape index (κ3) is 2.80. The van der Waals surface area contributed by atoms with E-state index < -0.39 is 5.97 Å². The Morgan fingerprint density at radius 3 is 2.33 bits per heavy atom. The minimum Gasteiger partial charge on any atom is -0.481 e. The van der Waals surface area contributed by atoms with Crippen molar-refractivity contribution in [1.29, 1.82) is 0 Å². The summed E-state index contributed by atoms with van der Waals surface area (Å²) in [7, 11) is 0. The molecule has 0 fully saturated rings. The van der Waals surface area contributed by atoms with Crippen LogP contribution in [0.3, 0.4) is 0 Å². The highest BCUT2D eigenvalue weighted by Crippen LogP contribution is 2.22. The molecular formula is C15H17NO2. The van der Waals surface area contributed by atoms with Gasteiger partial charge >= 0.3 is 5.97 Å². The first-order valence-corrected chi connectivity index (χ1v) is 6.13. The molecule has 3 nitrogen and oxygen atoms in total. The van der Waals surface area contributed by atoms with Gasteiger partial charge in [0.2, 0.25) is 0 Å². The van der Waals surface area contributed by atoms with Gasteiger partial charge in [0, 0.05) is 12.4 Å². The van der Waals surface area contributed by atoms with Crippen LogP contribution in [0, 0.1) is 0 Å². The first-order valence-electron chi connectivity index (χ1n) is 6.13. The standard InChI is InChI=1S/C15H17NO2/c1-2-12-5-7-13(8-6-12)14(11-15(17)18)16-9-3-4-10-16/h3-10,14H,2,11H2,1H3,(H,17,18). The minimum absolute atomic E-state index is 0.0974. The fraction of sp³-hybridized carbons (Fsp3) is 0.267. The lowest BCUT2D eigenvalue weighted by Crippen LogP contribution is -2.13. The molecule has 1 aromatic heterocycles. The van der Waals surface area contributed by atoms with Crippen molar-refractivity contribution in [1.82, 2.24) is 4.57 Å². The van der Waals surface area contributed by atoms with Crippen LogP contribution in [0.1, 0.15) is 30.5 Å². The summed E-state index contributed by atoms with van der Waals surface area (Å²) in [5, 5.41) is 9.03. The van der Waals surface area contributed by atoms with Crippen LogP contribution in [0.2, 0.25) is 0 Å². The van der Waals surface area contributed by atoms with E-state index in [4.69, 9.17) is 5.11 Å². The smallest absolute Gasteiger partial charge is 0.305 e. The van der Waals surface area contributed by atoms with Crippen LogP contribution < -0.4 is 0 Å². The number of aryl methyl sites for hydroxylation is 1. The number of hydrogen-bond donors (Lipinski definition) is 1. The molecule has 0 aliphatic rings. The van der Waals surface area contributed by atoms with Crippen LogP contribution in [0.4, 0.5) is 0 Å². The van der Waals surface area contributed by atoms with Crippen LogP contribution in [-0.2, 0) is 11.2 Å². The third-order valence-electron chi connectivity index (χ3n) is 3.13. The molecule has 0 spiro atoms. The summed E-state index contributed by atoms with van der Waals surface area (Å²) in [5.74, 6) is -0.784. The molecule has 94 valence electrons. The largest absolute Gasteiger partial charge is 0.481 e. The summed E-state index contributed by atoms with van der Waals surface area (Å²) < 4.78 is 1.94. The van der Waals surface area contributed by atoms with Crippen molar-refractivity contribution < 1.29 is 9.90 Å². The van der Waals surface area contributed by atoms with Crippen molar-refractivity contribution in [2.75, 3.05) is 0 Å². The molecule has 0 amide bonds. The first-order chi connectivity index (χ1) is 8.70. The van der Waals surface area contributed by atoms with Crippen molar-refractivity contribution in [3.05, 3.63) is 59.9 Å². The van der Waals surface area contributed by atoms with Crippen molar-refractivity contribution in [3.63, 3.8) is 0 Å². The SMILES string of the molecule is CCc1ccc(C(CC(=O)O)n2cccc2)cc1. The Bertz CT molecular complexity index is 500. The predicted molar refractivity (Wildman–Crippen MR) is 70.6 cm³/mol. The maximum absolute atomic E-state index is 11.0. The molecule has 1 heterocycles. The normalized spacial score (nSPS) is 12.3. The average molecular weight is 243 g/mol. The lowest BCUT2D eigenvalue weighted by atomic mass is 10.0. The molecule has 1 atom stereocenters. The van der Waals surface area contributed by atoms with E-state index >= 15 is 0 Å². The summed E-state index contributed by atoms with van der Waals surface area (Å²) in [6, 6.07) is 11.9. The molecule has 2 rings (SSSR count). The van der Waals surface area contributed by atoms with E-state index in [9.17, 15) is 4.79 Å². The van der Waals surface area contributed by atoms with Crippen molar-refractivity contribution in [2.45, 2.75) is 25.8 Å². The molecule has 0 aliphatic carbocycles. The Labute approximate surface area is 107 Å². The van der Waals surface area contributed by atoms with Crippen LogP contribution in [0.15, 0.2) is 48.8 Å². The highest BCUT2D eigenvalue weighted by molar-refractivity contribution is 5.68. The number of benzene rings is 1. The molecule has 1 N–H and O–H groups in total. The number of carboxylic acid groups (broad SMARTS) is 1. The molecule has 0 saturated heterocycles.